The van der Waals surface area contributed by atoms with Gasteiger partial charge in [0.05, 0.1) is 0 Å². The zero-order valence-electron chi connectivity index (χ0n) is 34.5. The summed E-state index contributed by atoms with van der Waals surface area (Å²) >= 11 is 0. The SMILES string of the molecule is CC(C)(C)c1cc(-c2ccccc2)c(-c2ccc3c(ccc4cc(-c5c(-c6ccccc6)cc(C(C)(C)C)cc5-c5ccccc5)ccc43)c2)c(-c2ccccc2)c1. The van der Waals surface area contributed by atoms with Crippen LogP contribution in [0.2, 0.25) is 0 Å². The number of hydrogen-bond acceptors (Lipinski definition) is 0. The molecule has 0 heterocycles. The van der Waals surface area contributed by atoms with Crippen LogP contribution in [0.15, 0.2) is 194 Å². The Hall–Kier alpha value is -6.50. The first-order chi connectivity index (χ1) is 28.0. The van der Waals surface area contributed by atoms with Gasteiger partial charge in [-0.25, -0.2) is 0 Å². The molecule has 0 unspecified atom stereocenters. The fourth-order valence-electron chi connectivity index (χ4n) is 8.54. The van der Waals surface area contributed by atoms with Crippen LogP contribution in [-0.2, 0) is 10.8 Å². The van der Waals surface area contributed by atoms with E-state index in [0.29, 0.717) is 0 Å². The van der Waals surface area contributed by atoms with E-state index in [1.165, 1.54) is 99.4 Å². The second-order valence-electron chi connectivity index (χ2n) is 17.8. The van der Waals surface area contributed by atoms with E-state index in [-0.39, 0.29) is 10.8 Å². The normalized spacial score (nSPS) is 12.0. The predicted octanol–water partition coefficient (Wildman–Crippen LogP) is 16.6. The molecule has 0 saturated heterocycles. The van der Waals surface area contributed by atoms with Gasteiger partial charge in [0.25, 0.3) is 0 Å². The summed E-state index contributed by atoms with van der Waals surface area (Å²) in [7, 11) is 0. The van der Waals surface area contributed by atoms with Crippen LogP contribution < -0.4 is 0 Å². The maximum Gasteiger partial charge on any atom is -0.00264 e. The number of fused-ring (bicyclic) bond motifs is 3. The highest BCUT2D eigenvalue weighted by atomic mass is 14.3. The van der Waals surface area contributed by atoms with E-state index in [9.17, 15) is 0 Å². The highest BCUT2D eigenvalue weighted by molar-refractivity contribution is 6.11. The molecule has 282 valence electrons. The van der Waals surface area contributed by atoms with E-state index < -0.39 is 0 Å². The minimum atomic E-state index is -0.00884. The third-order valence-corrected chi connectivity index (χ3v) is 11.8. The Morgan fingerprint density at radius 1 is 0.259 bits per heavy atom. The standard InChI is InChI=1S/C58H50/c1-57(2,3)47-35-51(39-19-11-7-12-20-39)55(52(36-47)40-21-13-8-14-22-40)45-29-31-49-43(33-45)27-28-44-34-46(30-32-50(44)49)56-53(41-23-15-9-16-24-41)37-48(58(4,5)6)38-54(56)42-25-17-10-18-26-42/h7-38H,1-6H3. The molecule has 0 heteroatoms. The van der Waals surface area contributed by atoms with E-state index in [1.807, 2.05) is 0 Å². The van der Waals surface area contributed by atoms with Gasteiger partial charge >= 0.3 is 0 Å². The smallest absolute Gasteiger partial charge is 0.00264 e. The molecule has 0 radical (unpaired) electrons. The van der Waals surface area contributed by atoms with Crippen molar-refractivity contribution in [1.29, 1.82) is 0 Å². The molecule has 0 aliphatic carbocycles. The zero-order valence-corrected chi connectivity index (χ0v) is 34.5. The van der Waals surface area contributed by atoms with Crippen molar-refractivity contribution in [2.24, 2.45) is 0 Å². The summed E-state index contributed by atoms with van der Waals surface area (Å²) in [6.07, 6.45) is 0. The van der Waals surface area contributed by atoms with Crippen LogP contribution in [-0.4, -0.2) is 0 Å². The number of rotatable bonds is 6. The summed E-state index contributed by atoms with van der Waals surface area (Å²) in [6.45, 7) is 13.9. The van der Waals surface area contributed by atoms with Crippen molar-refractivity contribution in [2.45, 2.75) is 52.4 Å². The molecule has 0 saturated carbocycles. The minimum Gasteiger partial charge on any atom is -0.0622 e. The summed E-state index contributed by atoms with van der Waals surface area (Å²) in [5, 5.41) is 4.99. The summed E-state index contributed by atoms with van der Waals surface area (Å²) in [4.78, 5) is 0. The summed E-state index contributed by atoms with van der Waals surface area (Å²) in [5.41, 5.74) is 17.6. The molecule has 0 amide bonds. The lowest BCUT2D eigenvalue weighted by Crippen LogP contribution is -2.12. The van der Waals surface area contributed by atoms with Crippen molar-refractivity contribution in [2.75, 3.05) is 0 Å². The van der Waals surface area contributed by atoms with Crippen molar-refractivity contribution >= 4 is 21.5 Å². The Morgan fingerprint density at radius 3 is 0.793 bits per heavy atom. The van der Waals surface area contributed by atoms with Gasteiger partial charge < -0.3 is 0 Å². The summed E-state index contributed by atoms with van der Waals surface area (Å²) < 4.78 is 0. The minimum absolute atomic E-state index is 0.00884. The van der Waals surface area contributed by atoms with Crippen LogP contribution >= 0.6 is 0 Å². The van der Waals surface area contributed by atoms with Crippen LogP contribution in [0.1, 0.15) is 52.7 Å². The van der Waals surface area contributed by atoms with Crippen LogP contribution in [0.3, 0.4) is 0 Å². The molecule has 0 aliphatic rings. The molecular formula is C58H50. The zero-order chi connectivity index (χ0) is 40.0. The maximum absolute atomic E-state index is 2.42. The molecule has 0 atom stereocenters. The van der Waals surface area contributed by atoms with Crippen molar-refractivity contribution in [3.63, 3.8) is 0 Å². The van der Waals surface area contributed by atoms with Crippen molar-refractivity contribution in [3.05, 3.63) is 205 Å². The third-order valence-electron chi connectivity index (χ3n) is 11.8. The van der Waals surface area contributed by atoms with E-state index in [1.54, 1.807) is 0 Å². The van der Waals surface area contributed by atoms with Gasteiger partial charge in [0.15, 0.2) is 0 Å². The van der Waals surface area contributed by atoms with Crippen molar-refractivity contribution < 1.29 is 0 Å². The van der Waals surface area contributed by atoms with Gasteiger partial charge in [-0.1, -0.05) is 199 Å². The summed E-state index contributed by atoms with van der Waals surface area (Å²) in [5.74, 6) is 0. The Bertz CT molecular complexity index is 2580. The van der Waals surface area contributed by atoms with Gasteiger partial charge in [-0.05, 0) is 147 Å². The molecule has 0 bridgehead atoms. The van der Waals surface area contributed by atoms with E-state index in [4.69, 9.17) is 0 Å². The van der Waals surface area contributed by atoms with Gasteiger partial charge in [-0.2, -0.15) is 0 Å². The lowest BCUT2D eigenvalue weighted by atomic mass is 9.79. The Morgan fingerprint density at radius 2 is 0.534 bits per heavy atom. The Labute approximate surface area is 344 Å². The molecule has 0 aromatic heterocycles. The number of benzene rings is 9. The Balaban J connectivity index is 1.24. The second kappa shape index (κ2) is 14.8. The first-order valence-corrected chi connectivity index (χ1v) is 20.6. The highest BCUT2D eigenvalue weighted by Crippen LogP contribution is 2.46. The molecule has 0 nitrogen and oxygen atoms in total. The average molecular weight is 747 g/mol. The van der Waals surface area contributed by atoms with Crippen LogP contribution in [0.4, 0.5) is 0 Å². The Kier molecular flexibility index (Phi) is 9.45. The molecule has 9 aromatic carbocycles. The predicted molar refractivity (Wildman–Crippen MR) is 251 cm³/mol. The van der Waals surface area contributed by atoms with Gasteiger partial charge in [0.2, 0.25) is 0 Å². The maximum atomic E-state index is 2.42. The third kappa shape index (κ3) is 7.05. The van der Waals surface area contributed by atoms with Crippen molar-refractivity contribution in [3.8, 4) is 66.8 Å². The van der Waals surface area contributed by atoms with E-state index >= 15 is 0 Å². The molecule has 9 aromatic rings. The highest BCUT2D eigenvalue weighted by Gasteiger charge is 2.24. The molecular weight excluding hydrogens is 697 g/mol. The first kappa shape index (κ1) is 37.1. The van der Waals surface area contributed by atoms with Crippen LogP contribution in [0.25, 0.3) is 88.3 Å². The van der Waals surface area contributed by atoms with Gasteiger partial charge in [0.1, 0.15) is 0 Å². The van der Waals surface area contributed by atoms with Crippen molar-refractivity contribution in [1.82, 2.24) is 0 Å². The van der Waals surface area contributed by atoms with Gasteiger partial charge in [0, 0.05) is 0 Å². The van der Waals surface area contributed by atoms with E-state index in [0.717, 1.165) is 0 Å². The largest absolute Gasteiger partial charge is 0.0622 e. The summed E-state index contributed by atoms with van der Waals surface area (Å²) in [6, 6.07) is 72.1. The fraction of sp³-hybridized carbons (Fsp3) is 0.138. The van der Waals surface area contributed by atoms with Crippen LogP contribution in [0.5, 0.6) is 0 Å². The monoisotopic (exact) mass is 746 g/mol. The molecule has 0 spiro atoms. The molecule has 58 heavy (non-hydrogen) atoms. The quantitative estimate of drug-likeness (QED) is 0.149. The molecule has 0 aliphatic heterocycles. The molecule has 9 rings (SSSR count). The average Bonchev–Trinajstić information content (AvgIpc) is 3.25. The van der Waals surface area contributed by atoms with Gasteiger partial charge in [-0.3, -0.25) is 0 Å². The lowest BCUT2D eigenvalue weighted by molar-refractivity contribution is 0.590. The van der Waals surface area contributed by atoms with Gasteiger partial charge in [-0.15, -0.1) is 0 Å². The van der Waals surface area contributed by atoms with E-state index in [2.05, 4.69) is 236 Å². The molecule has 0 N–H and O–H groups in total. The van der Waals surface area contributed by atoms with Crippen LogP contribution in [0, 0.1) is 0 Å². The topological polar surface area (TPSA) is 0 Å². The first-order valence-electron chi connectivity index (χ1n) is 20.6. The molecule has 0 fully saturated rings. The second-order valence-corrected chi connectivity index (χ2v) is 17.8. The lowest BCUT2D eigenvalue weighted by Gasteiger charge is -2.25. The number of hydrogen-bond donors (Lipinski definition) is 0. The fourth-order valence-corrected chi connectivity index (χ4v) is 8.54.